The molecule has 0 unspecified atom stereocenters. The summed E-state index contributed by atoms with van der Waals surface area (Å²) in [5, 5.41) is 8.61. The van der Waals surface area contributed by atoms with Gasteiger partial charge in [0.15, 0.2) is 6.54 Å². The Bertz CT molecular complexity index is 817. The van der Waals surface area contributed by atoms with Crippen LogP contribution in [0.25, 0.3) is 0 Å². The van der Waals surface area contributed by atoms with E-state index in [4.69, 9.17) is 11.6 Å². The van der Waals surface area contributed by atoms with Gasteiger partial charge in [0, 0.05) is 16.6 Å². The highest BCUT2D eigenvalue weighted by Crippen LogP contribution is 2.20. The molecular weight excluding hydrogens is 374 g/mol. The van der Waals surface area contributed by atoms with E-state index in [-0.39, 0.29) is 30.4 Å². The molecule has 1 aliphatic carbocycles. The maximum atomic E-state index is 12.6. The number of carbonyl (C=O) groups is 2. The number of carbonyl (C=O) groups excluding carboxylic acids is 2. The third-order valence-electron chi connectivity index (χ3n) is 5.19. The molecule has 0 bridgehead atoms. The predicted molar refractivity (Wildman–Crippen MR) is 111 cm³/mol. The SMILES string of the molecule is C[C@@H]([NH2+]CC(=O)Nc1ccccc1C(=O)NC1CCCC1)c1ccc(Cl)cc1. The van der Waals surface area contributed by atoms with E-state index >= 15 is 0 Å². The quantitative estimate of drug-likeness (QED) is 0.667. The molecule has 2 aromatic rings. The summed E-state index contributed by atoms with van der Waals surface area (Å²) in [6.07, 6.45) is 4.37. The standard InChI is InChI=1S/C22H26ClN3O2/c1-15(16-10-12-17(23)13-11-16)24-14-21(27)26-20-9-5-4-8-19(20)22(28)25-18-6-2-3-7-18/h4-5,8-13,15,18,24H,2-3,6-7,14H2,1H3,(H,25,28)(H,26,27)/p+1/t15-/m1/s1. The third kappa shape index (κ3) is 5.57. The van der Waals surface area contributed by atoms with Crippen molar-refractivity contribution in [2.24, 2.45) is 0 Å². The summed E-state index contributed by atoms with van der Waals surface area (Å²) in [7, 11) is 0. The first-order valence-corrected chi connectivity index (χ1v) is 10.2. The predicted octanol–water partition coefficient (Wildman–Crippen LogP) is 3.28. The number of quaternary nitrogens is 1. The molecule has 0 spiro atoms. The van der Waals surface area contributed by atoms with Gasteiger partial charge in [0.05, 0.1) is 11.3 Å². The highest BCUT2D eigenvalue weighted by molar-refractivity contribution is 6.30. The molecule has 5 nitrogen and oxygen atoms in total. The fourth-order valence-corrected chi connectivity index (χ4v) is 3.64. The van der Waals surface area contributed by atoms with Gasteiger partial charge in [-0.25, -0.2) is 0 Å². The van der Waals surface area contributed by atoms with Gasteiger partial charge >= 0.3 is 0 Å². The van der Waals surface area contributed by atoms with Crippen LogP contribution in [-0.2, 0) is 4.79 Å². The second kappa shape index (κ2) is 9.71. The molecule has 6 heteroatoms. The Kier molecular flexibility index (Phi) is 7.06. The van der Waals surface area contributed by atoms with Crippen molar-refractivity contribution in [2.75, 3.05) is 11.9 Å². The van der Waals surface area contributed by atoms with Gasteiger partial charge in [-0.05, 0) is 44.0 Å². The number of nitrogens with one attached hydrogen (secondary N) is 2. The maximum Gasteiger partial charge on any atom is 0.279 e. The number of halogens is 1. The first-order valence-electron chi connectivity index (χ1n) is 9.81. The number of anilines is 1. The van der Waals surface area contributed by atoms with Crippen LogP contribution in [0.5, 0.6) is 0 Å². The molecule has 2 aromatic carbocycles. The van der Waals surface area contributed by atoms with Gasteiger partial charge in [0.25, 0.3) is 11.8 Å². The van der Waals surface area contributed by atoms with Gasteiger partial charge in [-0.1, -0.05) is 48.7 Å². The molecule has 28 heavy (non-hydrogen) atoms. The number of rotatable bonds is 7. The van der Waals surface area contributed by atoms with E-state index in [1.807, 2.05) is 48.6 Å². The highest BCUT2D eigenvalue weighted by Gasteiger charge is 2.20. The number of amides is 2. The molecule has 0 aromatic heterocycles. The zero-order valence-corrected chi connectivity index (χ0v) is 16.8. The summed E-state index contributed by atoms with van der Waals surface area (Å²) in [5.74, 6) is -0.261. The van der Waals surface area contributed by atoms with Crippen molar-refractivity contribution >= 4 is 29.1 Å². The minimum Gasteiger partial charge on any atom is -0.349 e. The molecule has 2 amide bonds. The van der Waals surface area contributed by atoms with Gasteiger partial charge in [-0.2, -0.15) is 0 Å². The van der Waals surface area contributed by atoms with Crippen LogP contribution in [0.2, 0.25) is 5.02 Å². The van der Waals surface area contributed by atoms with Crippen LogP contribution in [0.3, 0.4) is 0 Å². The Hall–Kier alpha value is -2.37. The van der Waals surface area contributed by atoms with Crippen molar-refractivity contribution in [3.63, 3.8) is 0 Å². The lowest BCUT2D eigenvalue weighted by atomic mass is 10.1. The highest BCUT2D eigenvalue weighted by atomic mass is 35.5. The smallest absolute Gasteiger partial charge is 0.279 e. The summed E-state index contributed by atoms with van der Waals surface area (Å²) in [4.78, 5) is 25.0. The van der Waals surface area contributed by atoms with E-state index in [0.717, 1.165) is 31.2 Å². The summed E-state index contributed by atoms with van der Waals surface area (Å²) < 4.78 is 0. The number of para-hydroxylation sites is 1. The summed E-state index contributed by atoms with van der Waals surface area (Å²) in [5.41, 5.74) is 2.16. The van der Waals surface area contributed by atoms with Crippen molar-refractivity contribution in [1.29, 1.82) is 0 Å². The molecular formula is C22H27ClN3O2+. The van der Waals surface area contributed by atoms with E-state index in [1.165, 1.54) is 0 Å². The Morgan fingerprint density at radius 1 is 1.11 bits per heavy atom. The van der Waals surface area contributed by atoms with Crippen molar-refractivity contribution in [3.05, 3.63) is 64.7 Å². The fourth-order valence-electron chi connectivity index (χ4n) is 3.51. The normalized spacial score (nSPS) is 15.2. The zero-order valence-electron chi connectivity index (χ0n) is 16.1. The van der Waals surface area contributed by atoms with E-state index in [0.29, 0.717) is 16.3 Å². The maximum absolute atomic E-state index is 12.6. The number of benzene rings is 2. The molecule has 0 radical (unpaired) electrons. The zero-order chi connectivity index (χ0) is 19.9. The second-order valence-corrected chi connectivity index (χ2v) is 7.77. The second-order valence-electron chi connectivity index (χ2n) is 7.33. The van der Waals surface area contributed by atoms with Crippen LogP contribution in [0.1, 0.15) is 54.6 Å². The third-order valence-corrected chi connectivity index (χ3v) is 5.44. The van der Waals surface area contributed by atoms with E-state index in [9.17, 15) is 9.59 Å². The Balaban J connectivity index is 1.56. The minimum atomic E-state index is -0.137. The van der Waals surface area contributed by atoms with Crippen molar-refractivity contribution in [2.45, 2.75) is 44.7 Å². The van der Waals surface area contributed by atoms with E-state index in [2.05, 4.69) is 10.6 Å². The van der Waals surface area contributed by atoms with Crippen LogP contribution >= 0.6 is 11.6 Å². The molecule has 1 saturated carbocycles. The summed E-state index contributed by atoms with van der Waals surface area (Å²) >= 11 is 5.92. The summed E-state index contributed by atoms with van der Waals surface area (Å²) in [6, 6.07) is 15.1. The first-order chi connectivity index (χ1) is 13.5. The van der Waals surface area contributed by atoms with Crippen molar-refractivity contribution in [1.82, 2.24) is 5.32 Å². The molecule has 1 fully saturated rings. The van der Waals surface area contributed by atoms with Gasteiger partial charge in [-0.3, -0.25) is 9.59 Å². The lowest BCUT2D eigenvalue weighted by Crippen LogP contribution is -2.86. The molecule has 0 aliphatic heterocycles. The van der Waals surface area contributed by atoms with Crippen molar-refractivity contribution in [3.8, 4) is 0 Å². The molecule has 1 atom stereocenters. The molecule has 1 aliphatic rings. The van der Waals surface area contributed by atoms with Crippen molar-refractivity contribution < 1.29 is 14.9 Å². The Morgan fingerprint density at radius 2 is 1.79 bits per heavy atom. The van der Waals surface area contributed by atoms with Gasteiger partial charge < -0.3 is 16.0 Å². The lowest BCUT2D eigenvalue weighted by Gasteiger charge is -2.15. The number of hydrogen-bond donors (Lipinski definition) is 3. The summed E-state index contributed by atoms with van der Waals surface area (Å²) in [6.45, 7) is 2.31. The largest absolute Gasteiger partial charge is 0.349 e. The lowest BCUT2D eigenvalue weighted by molar-refractivity contribution is -0.682. The number of hydrogen-bond acceptors (Lipinski definition) is 2. The van der Waals surface area contributed by atoms with Gasteiger partial charge in [0.1, 0.15) is 6.04 Å². The van der Waals surface area contributed by atoms with Crippen LogP contribution in [0.4, 0.5) is 5.69 Å². The topological polar surface area (TPSA) is 74.8 Å². The fraction of sp³-hybridized carbons (Fsp3) is 0.364. The molecule has 0 saturated heterocycles. The average Bonchev–Trinajstić information content (AvgIpc) is 3.20. The molecule has 3 rings (SSSR count). The Morgan fingerprint density at radius 3 is 2.50 bits per heavy atom. The molecule has 148 valence electrons. The monoisotopic (exact) mass is 400 g/mol. The molecule has 0 heterocycles. The van der Waals surface area contributed by atoms with Gasteiger partial charge in [-0.15, -0.1) is 0 Å². The van der Waals surface area contributed by atoms with Gasteiger partial charge in [0.2, 0.25) is 0 Å². The minimum absolute atomic E-state index is 0.124. The first kappa shape index (κ1) is 20.4. The Labute approximate surface area is 170 Å². The van der Waals surface area contributed by atoms with Crippen LogP contribution in [0, 0.1) is 0 Å². The molecule has 4 N–H and O–H groups in total. The number of nitrogens with two attached hydrogens (primary N) is 1. The van der Waals surface area contributed by atoms with E-state index < -0.39 is 0 Å². The van der Waals surface area contributed by atoms with Crippen LogP contribution in [0.15, 0.2) is 48.5 Å². The van der Waals surface area contributed by atoms with E-state index in [1.54, 1.807) is 12.1 Å². The van der Waals surface area contributed by atoms with Crippen LogP contribution in [-0.4, -0.2) is 24.4 Å². The average molecular weight is 401 g/mol. The van der Waals surface area contributed by atoms with Crippen LogP contribution < -0.4 is 16.0 Å².